The number of guanidine groups is 1. The molecule has 17 heavy (non-hydrogen) atoms. The van der Waals surface area contributed by atoms with Crippen molar-refractivity contribution in [3.05, 3.63) is 0 Å². The summed E-state index contributed by atoms with van der Waals surface area (Å²) in [5, 5.41) is 3.10. The van der Waals surface area contributed by atoms with Gasteiger partial charge in [-0.15, -0.1) is 0 Å². The third-order valence-corrected chi connectivity index (χ3v) is 3.39. The monoisotopic (exact) mass is 240 g/mol. The van der Waals surface area contributed by atoms with E-state index in [9.17, 15) is 0 Å². The first kappa shape index (κ1) is 14.3. The molecule has 0 bridgehead atoms. The molecule has 0 saturated carbocycles. The molecule has 100 valence electrons. The van der Waals surface area contributed by atoms with Crippen LogP contribution in [-0.4, -0.2) is 44.1 Å². The zero-order valence-corrected chi connectivity index (χ0v) is 11.6. The topological polar surface area (TPSA) is 53.6 Å². The number of rotatable bonds is 5. The van der Waals surface area contributed by atoms with Gasteiger partial charge in [0.05, 0.1) is 0 Å². The lowest BCUT2D eigenvalue weighted by molar-refractivity contribution is 0.139. The number of hydrogen-bond acceptors (Lipinski definition) is 2. The lowest BCUT2D eigenvalue weighted by Gasteiger charge is -2.34. The van der Waals surface area contributed by atoms with Crippen LogP contribution in [0.25, 0.3) is 0 Å². The van der Waals surface area contributed by atoms with Crippen molar-refractivity contribution in [2.45, 2.75) is 33.1 Å². The van der Waals surface area contributed by atoms with E-state index in [0.717, 1.165) is 24.8 Å². The first-order valence-electron chi connectivity index (χ1n) is 6.80. The molecule has 0 radical (unpaired) electrons. The van der Waals surface area contributed by atoms with Gasteiger partial charge in [0.15, 0.2) is 5.96 Å². The molecule has 1 heterocycles. The molecule has 0 aromatic carbocycles. The Labute approximate surface area is 106 Å². The lowest BCUT2D eigenvalue weighted by atomic mass is 9.92. The van der Waals surface area contributed by atoms with Gasteiger partial charge in [-0.1, -0.05) is 13.8 Å². The van der Waals surface area contributed by atoms with Crippen molar-refractivity contribution in [1.29, 1.82) is 0 Å². The fourth-order valence-corrected chi connectivity index (χ4v) is 2.73. The van der Waals surface area contributed by atoms with Crippen LogP contribution in [0.3, 0.4) is 0 Å². The highest BCUT2D eigenvalue weighted by molar-refractivity contribution is 5.77. The summed E-state index contributed by atoms with van der Waals surface area (Å²) < 4.78 is 0. The molecule has 1 fully saturated rings. The van der Waals surface area contributed by atoms with E-state index in [1.165, 1.54) is 32.5 Å². The van der Waals surface area contributed by atoms with E-state index in [-0.39, 0.29) is 0 Å². The number of nitrogens with zero attached hydrogens (tertiary/aromatic N) is 2. The molecule has 0 unspecified atom stereocenters. The van der Waals surface area contributed by atoms with Crippen LogP contribution in [0.1, 0.15) is 33.1 Å². The van der Waals surface area contributed by atoms with Crippen molar-refractivity contribution in [3.8, 4) is 0 Å². The van der Waals surface area contributed by atoms with E-state index >= 15 is 0 Å². The van der Waals surface area contributed by atoms with E-state index in [4.69, 9.17) is 5.73 Å². The predicted molar refractivity (Wildman–Crippen MR) is 74.2 cm³/mol. The SMILES string of the molecule is CN=C(N)NCCCCN1C[C@H](C)C[C@@H](C)C1. The number of likely N-dealkylation sites (tertiary alicyclic amines) is 1. The van der Waals surface area contributed by atoms with Crippen LogP contribution in [0, 0.1) is 11.8 Å². The summed E-state index contributed by atoms with van der Waals surface area (Å²) in [6.45, 7) is 9.43. The minimum Gasteiger partial charge on any atom is -0.370 e. The van der Waals surface area contributed by atoms with E-state index in [0.29, 0.717) is 5.96 Å². The predicted octanol–water partition coefficient (Wildman–Crippen LogP) is 1.28. The first-order chi connectivity index (χ1) is 8.11. The van der Waals surface area contributed by atoms with Crippen LogP contribution in [0.5, 0.6) is 0 Å². The summed E-state index contributed by atoms with van der Waals surface area (Å²) in [7, 11) is 1.71. The van der Waals surface area contributed by atoms with Gasteiger partial charge in [0.2, 0.25) is 0 Å². The highest BCUT2D eigenvalue weighted by Crippen LogP contribution is 2.20. The van der Waals surface area contributed by atoms with Gasteiger partial charge in [0, 0.05) is 26.7 Å². The molecule has 3 N–H and O–H groups in total. The Hall–Kier alpha value is -0.770. The van der Waals surface area contributed by atoms with Gasteiger partial charge in [-0.3, -0.25) is 4.99 Å². The van der Waals surface area contributed by atoms with Gasteiger partial charge in [0.25, 0.3) is 0 Å². The Morgan fingerprint density at radius 3 is 2.53 bits per heavy atom. The van der Waals surface area contributed by atoms with Crippen molar-refractivity contribution in [2.24, 2.45) is 22.6 Å². The largest absolute Gasteiger partial charge is 0.370 e. The van der Waals surface area contributed by atoms with E-state index < -0.39 is 0 Å². The molecular weight excluding hydrogens is 212 g/mol. The maximum Gasteiger partial charge on any atom is 0.188 e. The normalized spacial score (nSPS) is 27.1. The molecule has 1 rings (SSSR count). The maximum absolute atomic E-state index is 5.56. The van der Waals surface area contributed by atoms with Crippen LogP contribution in [-0.2, 0) is 0 Å². The average Bonchev–Trinajstić information content (AvgIpc) is 2.27. The van der Waals surface area contributed by atoms with Crippen LogP contribution >= 0.6 is 0 Å². The molecule has 1 aliphatic heterocycles. The first-order valence-corrected chi connectivity index (χ1v) is 6.80. The molecule has 0 aliphatic carbocycles. The Kier molecular flexibility index (Phi) is 6.34. The van der Waals surface area contributed by atoms with E-state index in [1.807, 2.05) is 0 Å². The van der Waals surface area contributed by atoms with Crippen molar-refractivity contribution in [2.75, 3.05) is 33.2 Å². The van der Waals surface area contributed by atoms with Gasteiger partial charge >= 0.3 is 0 Å². The fraction of sp³-hybridized carbons (Fsp3) is 0.923. The quantitative estimate of drug-likeness (QED) is 0.432. The highest BCUT2D eigenvalue weighted by Gasteiger charge is 2.20. The van der Waals surface area contributed by atoms with Crippen molar-refractivity contribution in [3.63, 3.8) is 0 Å². The number of nitrogens with two attached hydrogens (primary N) is 1. The third kappa shape index (κ3) is 5.91. The zero-order chi connectivity index (χ0) is 12.7. The van der Waals surface area contributed by atoms with Gasteiger partial charge < -0.3 is 16.0 Å². The molecule has 0 aromatic rings. The molecular formula is C13H28N4. The number of unbranched alkanes of at least 4 members (excludes halogenated alkanes) is 1. The Bertz CT molecular complexity index is 230. The summed E-state index contributed by atoms with van der Waals surface area (Å²) in [6, 6.07) is 0. The smallest absolute Gasteiger partial charge is 0.188 e. The van der Waals surface area contributed by atoms with Gasteiger partial charge in [-0.05, 0) is 37.6 Å². The zero-order valence-electron chi connectivity index (χ0n) is 11.6. The summed E-state index contributed by atoms with van der Waals surface area (Å²) in [6.07, 6.45) is 3.79. The van der Waals surface area contributed by atoms with Gasteiger partial charge in [-0.2, -0.15) is 0 Å². The summed E-state index contributed by atoms with van der Waals surface area (Å²) in [5.41, 5.74) is 5.56. The third-order valence-electron chi connectivity index (χ3n) is 3.39. The minimum atomic E-state index is 0.546. The summed E-state index contributed by atoms with van der Waals surface area (Å²) >= 11 is 0. The number of piperidine rings is 1. The maximum atomic E-state index is 5.56. The second-order valence-corrected chi connectivity index (χ2v) is 5.45. The van der Waals surface area contributed by atoms with Crippen LogP contribution < -0.4 is 11.1 Å². The Balaban J connectivity index is 2.06. The van der Waals surface area contributed by atoms with Crippen LogP contribution in [0.4, 0.5) is 0 Å². The Morgan fingerprint density at radius 2 is 1.94 bits per heavy atom. The lowest BCUT2D eigenvalue weighted by Crippen LogP contribution is -2.39. The van der Waals surface area contributed by atoms with Crippen LogP contribution in [0.15, 0.2) is 4.99 Å². The van der Waals surface area contributed by atoms with E-state index in [2.05, 4.69) is 29.1 Å². The molecule has 2 atom stereocenters. The highest BCUT2D eigenvalue weighted by atomic mass is 15.1. The van der Waals surface area contributed by atoms with E-state index in [1.54, 1.807) is 7.05 Å². The summed E-state index contributed by atoms with van der Waals surface area (Å²) in [5.74, 6) is 2.27. The van der Waals surface area contributed by atoms with Crippen molar-refractivity contribution in [1.82, 2.24) is 10.2 Å². The fourth-order valence-electron chi connectivity index (χ4n) is 2.73. The second kappa shape index (κ2) is 7.54. The summed E-state index contributed by atoms with van der Waals surface area (Å²) in [4.78, 5) is 6.48. The van der Waals surface area contributed by atoms with Crippen molar-refractivity contribution >= 4 is 5.96 Å². The Morgan fingerprint density at radius 1 is 1.29 bits per heavy atom. The van der Waals surface area contributed by atoms with Crippen LogP contribution in [0.2, 0.25) is 0 Å². The van der Waals surface area contributed by atoms with Gasteiger partial charge in [0.1, 0.15) is 0 Å². The number of hydrogen-bond donors (Lipinski definition) is 2. The molecule has 0 spiro atoms. The average molecular weight is 240 g/mol. The standard InChI is InChI=1S/C13H28N4/c1-11-8-12(2)10-17(9-11)7-5-4-6-16-13(14)15-3/h11-12H,4-10H2,1-3H3,(H3,14,15,16)/t11-,12-/m1/s1. The van der Waals surface area contributed by atoms with Crippen molar-refractivity contribution < 1.29 is 0 Å². The molecule has 0 amide bonds. The second-order valence-electron chi connectivity index (χ2n) is 5.45. The molecule has 0 aromatic heterocycles. The molecule has 4 heteroatoms. The molecule has 1 saturated heterocycles. The number of nitrogens with one attached hydrogen (secondary N) is 1. The van der Waals surface area contributed by atoms with Gasteiger partial charge in [-0.25, -0.2) is 0 Å². The molecule has 4 nitrogen and oxygen atoms in total. The molecule has 1 aliphatic rings. The minimum absolute atomic E-state index is 0.546. The number of aliphatic imine (C=N–C) groups is 1.